The molecule has 3 rings (SSSR count). The molecule has 1 unspecified atom stereocenters. The fourth-order valence-electron chi connectivity index (χ4n) is 2.34. The molecule has 1 atom stereocenters. The van der Waals surface area contributed by atoms with Gasteiger partial charge in [-0.3, -0.25) is 4.79 Å². The van der Waals surface area contributed by atoms with Crippen molar-refractivity contribution < 1.29 is 14.3 Å². The highest BCUT2D eigenvalue weighted by atomic mass is 35.5. The highest BCUT2D eigenvalue weighted by Crippen LogP contribution is 2.32. The maximum Gasteiger partial charge on any atom is 0.275 e. The van der Waals surface area contributed by atoms with Crippen molar-refractivity contribution >= 4 is 17.5 Å². The third-order valence-corrected chi connectivity index (χ3v) is 4.16. The van der Waals surface area contributed by atoms with Gasteiger partial charge in [0.15, 0.2) is 11.5 Å². The molecule has 0 bridgehead atoms. The Labute approximate surface area is 137 Å². The fourth-order valence-corrected chi connectivity index (χ4v) is 2.51. The Morgan fingerprint density at radius 2 is 2.30 bits per heavy atom. The Morgan fingerprint density at radius 1 is 1.57 bits per heavy atom. The number of aliphatic hydroxyl groups excluding tert-OH is 1. The first kappa shape index (κ1) is 15.9. The summed E-state index contributed by atoms with van der Waals surface area (Å²) < 4.78 is 15.1. The monoisotopic (exact) mass is 338 g/mol. The van der Waals surface area contributed by atoms with E-state index in [4.69, 9.17) is 11.6 Å². The molecule has 2 aromatic rings. The Bertz CT molecular complexity index is 732. The van der Waals surface area contributed by atoms with Crippen molar-refractivity contribution in [1.29, 1.82) is 0 Å². The molecule has 1 saturated carbocycles. The van der Waals surface area contributed by atoms with Crippen molar-refractivity contribution in [3.05, 3.63) is 40.9 Å². The van der Waals surface area contributed by atoms with Crippen molar-refractivity contribution in [2.75, 3.05) is 13.6 Å². The molecule has 0 saturated heterocycles. The number of aromatic nitrogens is 3. The summed E-state index contributed by atoms with van der Waals surface area (Å²) in [6, 6.07) is 4.50. The molecule has 0 spiro atoms. The lowest BCUT2D eigenvalue weighted by Gasteiger charge is -2.19. The first-order valence-electron chi connectivity index (χ1n) is 7.27. The summed E-state index contributed by atoms with van der Waals surface area (Å²) in [7, 11) is 1.59. The van der Waals surface area contributed by atoms with Crippen LogP contribution in [0.4, 0.5) is 4.39 Å². The Hall–Kier alpha value is -1.99. The Morgan fingerprint density at radius 3 is 3.00 bits per heavy atom. The molecule has 1 aromatic heterocycles. The summed E-state index contributed by atoms with van der Waals surface area (Å²) in [5.74, 6) is -0.726. The number of amides is 1. The number of carbonyl (C=O) groups is 1. The van der Waals surface area contributed by atoms with Gasteiger partial charge in [-0.2, -0.15) is 0 Å². The maximum absolute atomic E-state index is 14.0. The number of hydrogen-bond donors (Lipinski definition) is 1. The zero-order chi connectivity index (χ0) is 16.6. The van der Waals surface area contributed by atoms with E-state index in [-0.39, 0.29) is 34.8 Å². The van der Waals surface area contributed by atoms with E-state index in [0.717, 1.165) is 12.8 Å². The number of aliphatic hydroxyl groups is 1. The summed E-state index contributed by atoms with van der Waals surface area (Å²) in [4.78, 5) is 13.7. The summed E-state index contributed by atoms with van der Waals surface area (Å²) in [6.45, 7) is 0.238. The molecular weight excluding hydrogens is 323 g/mol. The lowest BCUT2D eigenvalue weighted by Crippen LogP contribution is -2.35. The van der Waals surface area contributed by atoms with E-state index in [0.29, 0.717) is 0 Å². The molecule has 0 radical (unpaired) electrons. The van der Waals surface area contributed by atoms with Crippen molar-refractivity contribution in [3.63, 3.8) is 0 Å². The second-order valence-corrected chi connectivity index (χ2v) is 6.12. The van der Waals surface area contributed by atoms with E-state index in [1.54, 1.807) is 13.1 Å². The molecule has 1 aliphatic rings. The smallest absolute Gasteiger partial charge is 0.275 e. The highest BCUT2D eigenvalue weighted by molar-refractivity contribution is 6.30. The molecule has 1 N–H and O–H groups in total. The molecule has 6 nitrogen and oxygen atoms in total. The number of benzene rings is 1. The summed E-state index contributed by atoms with van der Waals surface area (Å²) in [5.41, 5.74) is 0.194. The van der Waals surface area contributed by atoms with Crippen LogP contribution in [-0.4, -0.2) is 50.6 Å². The van der Waals surface area contributed by atoms with Crippen LogP contribution in [0.2, 0.25) is 5.02 Å². The standard InChI is InChI=1S/C15H16ClFN4O2/c1-20(8-13(22)9-5-6-9)15(23)11-7-21(19-18-11)12-4-2-3-10(16)14(12)17/h2-4,7,9,13,22H,5-6,8H2,1H3. The average molecular weight is 339 g/mol. The van der Waals surface area contributed by atoms with Crippen LogP contribution in [0, 0.1) is 11.7 Å². The average Bonchev–Trinajstić information content (AvgIpc) is 3.27. The lowest BCUT2D eigenvalue weighted by molar-refractivity contribution is 0.0640. The molecule has 1 aliphatic carbocycles. The molecule has 1 aromatic carbocycles. The largest absolute Gasteiger partial charge is 0.391 e. The number of hydrogen-bond acceptors (Lipinski definition) is 4. The number of carbonyl (C=O) groups excluding carboxylic acids is 1. The van der Waals surface area contributed by atoms with Gasteiger partial charge in [0.05, 0.1) is 17.3 Å². The van der Waals surface area contributed by atoms with Crippen LogP contribution in [0.25, 0.3) is 5.69 Å². The summed E-state index contributed by atoms with van der Waals surface area (Å²) in [6.07, 6.45) is 2.81. The SMILES string of the molecule is CN(CC(O)C1CC1)C(=O)c1cn(-c2cccc(Cl)c2F)nn1. The van der Waals surface area contributed by atoms with Gasteiger partial charge >= 0.3 is 0 Å². The zero-order valence-electron chi connectivity index (χ0n) is 12.5. The normalized spacial score (nSPS) is 15.5. The van der Waals surface area contributed by atoms with Crippen molar-refractivity contribution in [3.8, 4) is 5.69 Å². The van der Waals surface area contributed by atoms with Gasteiger partial charge in [-0.05, 0) is 30.9 Å². The minimum absolute atomic E-state index is 0.0319. The maximum atomic E-state index is 14.0. The molecule has 1 amide bonds. The van der Waals surface area contributed by atoms with Crippen LogP contribution in [-0.2, 0) is 0 Å². The third-order valence-electron chi connectivity index (χ3n) is 3.86. The predicted molar refractivity (Wildman–Crippen MR) is 82.0 cm³/mol. The van der Waals surface area contributed by atoms with Gasteiger partial charge in [-0.15, -0.1) is 5.10 Å². The van der Waals surface area contributed by atoms with E-state index < -0.39 is 11.9 Å². The number of rotatable bonds is 5. The molecule has 8 heteroatoms. The number of nitrogens with zero attached hydrogens (tertiary/aromatic N) is 4. The van der Waals surface area contributed by atoms with Gasteiger partial charge in [-0.1, -0.05) is 22.9 Å². The molecule has 23 heavy (non-hydrogen) atoms. The third kappa shape index (κ3) is 3.35. The van der Waals surface area contributed by atoms with Crippen molar-refractivity contribution in [2.45, 2.75) is 18.9 Å². The summed E-state index contributed by atoms with van der Waals surface area (Å²) in [5, 5.41) is 17.4. The second kappa shape index (κ2) is 6.25. The molecule has 1 heterocycles. The molecule has 1 fully saturated rings. The second-order valence-electron chi connectivity index (χ2n) is 5.71. The van der Waals surface area contributed by atoms with E-state index in [1.807, 2.05) is 0 Å². The zero-order valence-corrected chi connectivity index (χ0v) is 13.2. The van der Waals surface area contributed by atoms with Gasteiger partial charge in [0.25, 0.3) is 5.91 Å². The first-order chi connectivity index (χ1) is 11.0. The van der Waals surface area contributed by atoms with Crippen LogP contribution in [0.5, 0.6) is 0 Å². The van der Waals surface area contributed by atoms with Crippen molar-refractivity contribution in [2.24, 2.45) is 5.92 Å². The van der Waals surface area contributed by atoms with E-state index >= 15 is 0 Å². The van der Waals surface area contributed by atoms with E-state index in [9.17, 15) is 14.3 Å². The van der Waals surface area contributed by atoms with Crippen LogP contribution in [0.3, 0.4) is 0 Å². The minimum Gasteiger partial charge on any atom is -0.391 e. The van der Waals surface area contributed by atoms with Gasteiger partial charge in [0.1, 0.15) is 5.69 Å². The van der Waals surface area contributed by atoms with Gasteiger partial charge in [0.2, 0.25) is 0 Å². The molecule has 122 valence electrons. The van der Waals surface area contributed by atoms with Gasteiger partial charge < -0.3 is 10.0 Å². The van der Waals surface area contributed by atoms with E-state index in [1.165, 1.54) is 27.9 Å². The first-order valence-corrected chi connectivity index (χ1v) is 7.65. The van der Waals surface area contributed by atoms with Crippen molar-refractivity contribution in [1.82, 2.24) is 19.9 Å². The Balaban J connectivity index is 1.75. The van der Waals surface area contributed by atoms with Crippen LogP contribution in [0.15, 0.2) is 24.4 Å². The predicted octanol–water partition coefficient (Wildman–Crippen LogP) is 1.90. The number of likely N-dealkylation sites (N-methyl/N-ethyl adjacent to an activating group) is 1. The minimum atomic E-state index is -0.629. The lowest BCUT2D eigenvalue weighted by atomic mass is 10.2. The fraction of sp³-hybridized carbons (Fsp3) is 0.400. The van der Waals surface area contributed by atoms with Gasteiger partial charge in [-0.25, -0.2) is 9.07 Å². The molecular formula is C15H16ClFN4O2. The quantitative estimate of drug-likeness (QED) is 0.904. The summed E-state index contributed by atoms with van der Waals surface area (Å²) >= 11 is 5.74. The topological polar surface area (TPSA) is 71.2 Å². The molecule has 0 aliphatic heterocycles. The highest BCUT2D eigenvalue weighted by Gasteiger charge is 2.31. The number of halogens is 2. The Kier molecular flexibility index (Phi) is 4.32. The van der Waals surface area contributed by atoms with Crippen LogP contribution in [0.1, 0.15) is 23.3 Å². The van der Waals surface area contributed by atoms with Crippen LogP contribution < -0.4 is 0 Å². The van der Waals surface area contributed by atoms with Gasteiger partial charge in [0, 0.05) is 13.6 Å². The van der Waals surface area contributed by atoms with Crippen LogP contribution >= 0.6 is 11.6 Å². The van der Waals surface area contributed by atoms with E-state index in [2.05, 4.69) is 10.3 Å².